The van der Waals surface area contributed by atoms with Gasteiger partial charge in [0.1, 0.15) is 5.54 Å². The van der Waals surface area contributed by atoms with Crippen molar-refractivity contribution in [1.82, 2.24) is 4.98 Å². The number of rotatable bonds is 1. The lowest BCUT2D eigenvalue weighted by atomic mass is 10.1. The molecule has 13 heavy (non-hydrogen) atoms. The highest BCUT2D eigenvalue weighted by atomic mass is 79.9. The smallest absolute Gasteiger partial charge is 0.272 e. The van der Waals surface area contributed by atoms with Gasteiger partial charge >= 0.3 is 0 Å². The fourth-order valence-electron chi connectivity index (χ4n) is 1.28. The van der Waals surface area contributed by atoms with Gasteiger partial charge < -0.3 is 5.73 Å². The average molecular weight is 249 g/mol. The molecule has 1 aromatic heterocycles. The molecule has 2 rings (SSSR count). The van der Waals surface area contributed by atoms with Crippen LogP contribution in [-0.4, -0.2) is 10.9 Å². The molecule has 0 aromatic carbocycles. The van der Waals surface area contributed by atoms with Crippen molar-refractivity contribution in [2.75, 3.05) is 0 Å². The third-order valence-corrected chi connectivity index (χ3v) is 2.68. The first-order valence-corrected chi connectivity index (χ1v) is 4.53. The molecule has 0 radical (unpaired) electrons. The van der Waals surface area contributed by atoms with Crippen LogP contribution in [0, 0.1) is 0 Å². The van der Waals surface area contributed by atoms with E-state index in [1.165, 1.54) is 12.4 Å². The molecule has 1 atom stereocenters. The summed E-state index contributed by atoms with van der Waals surface area (Å²) < 4.78 is 26.3. The summed E-state index contributed by atoms with van der Waals surface area (Å²) in [6.07, 6.45) is 2.62. The van der Waals surface area contributed by atoms with E-state index >= 15 is 0 Å². The van der Waals surface area contributed by atoms with Gasteiger partial charge in [0, 0.05) is 23.3 Å². The second-order valence-electron chi connectivity index (χ2n) is 3.24. The highest BCUT2D eigenvalue weighted by molar-refractivity contribution is 9.10. The Morgan fingerprint density at radius 2 is 2.08 bits per heavy atom. The number of nitrogens with zero attached hydrogens (tertiary/aromatic N) is 1. The van der Waals surface area contributed by atoms with Crippen molar-refractivity contribution >= 4 is 15.9 Å². The number of halogens is 3. The van der Waals surface area contributed by atoms with Crippen LogP contribution in [-0.2, 0) is 5.54 Å². The summed E-state index contributed by atoms with van der Waals surface area (Å²) in [6, 6.07) is 1.58. The maximum Gasteiger partial charge on any atom is 0.272 e. The van der Waals surface area contributed by atoms with Crippen LogP contribution in [0.3, 0.4) is 0 Å². The standard InChI is InChI=1S/C8H7BrF2N2/c9-6-1-5(2-13-3-6)7(12)4-8(7,10)11/h1-3H,4,12H2. The van der Waals surface area contributed by atoms with E-state index in [0.29, 0.717) is 10.0 Å². The third kappa shape index (κ3) is 1.26. The van der Waals surface area contributed by atoms with Gasteiger partial charge in [0.15, 0.2) is 0 Å². The molecule has 0 bridgehead atoms. The van der Waals surface area contributed by atoms with Crippen molar-refractivity contribution < 1.29 is 8.78 Å². The number of aromatic nitrogens is 1. The molecule has 0 amide bonds. The largest absolute Gasteiger partial charge is 0.316 e. The van der Waals surface area contributed by atoms with E-state index in [0.717, 1.165) is 0 Å². The second-order valence-corrected chi connectivity index (χ2v) is 4.16. The van der Waals surface area contributed by atoms with Crippen molar-refractivity contribution in [3.8, 4) is 0 Å². The highest BCUT2D eigenvalue weighted by Gasteiger charge is 2.70. The average Bonchev–Trinajstić information content (AvgIpc) is 2.53. The van der Waals surface area contributed by atoms with E-state index in [4.69, 9.17) is 5.73 Å². The van der Waals surface area contributed by atoms with Gasteiger partial charge in [0.2, 0.25) is 0 Å². The predicted octanol–water partition coefficient (Wildman–Crippen LogP) is 2.04. The molecule has 70 valence electrons. The van der Waals surface area contributed by atoms with Gasteiger partial charge in [-0.1, -0.05) is 0 Å². The lowest BCUT2D eigenvalue weighted by molar-refractivity contribution is 0.0890. The van der Waals surface area contributed by atoms with Crippen LogP contribution in [0.5, 0.6) is 0 Å². The van der Waals surface area contributed by atoms with E-state index in [1.807, 2.05) is 0 Å². The van der Waals surface area contributed by atoms with Gasteiger partial charge in [0.25, 0.3) is 5.92 Å². The van der Waals surface area contributed by atoms with Crippen molar-refractivity contribution in [1.29, 1.82) is 0 Å². The van der Waals surface area contributed by atoms with E-state index in [-0.39, 0.29) is 6.42 Å². The minimum Gasteiger partial charge on any atom is -0.316 e. The predicted molar refractivity (Wildman–Crippen MR) is 47.4 cm³/mol. The summed E-state index contributed by atoms with van der Waals surface area (Å²) in [5.74, 6) is -2.78. The lowest BCUT2D eigenvalue weighted by Crippen LogP contribution is -2.27. The van der Waals surface area contributed by atoms with E-state index in [2.05, 4.69) is 20.9 Å². The number of nitrogens with two attached hydrogens (primary N) is 1. The number of alkyl halides is 2. The number of hydrogen-bond donors (Lipinski definition) is 1. The summed E-state index contributed by atoms with van der Waals surface area (Å²) >= 11 is 3.16. The first-order chi connectivity index (χ1) is 5.96. The molecule has 1 saturated carbocycles. The quantitative estimate of drug-likeness (QED) is 0.827. The molecular formula is C8H7BrF2N2. The molecule has 0 saturated heterocycles. The van der Waals surface area contributed by atoms with Crippen molar-refractivity contribution in [2.24, 2.45) is 5.73 Å². The molecule has 1 aliphatic rings. The highest BCUT2D eigenvalue weighted by Crippen LogP contribution is 2.57. The molecule has 1 aromatic rings. The lowest BCUT2D eigenvalue weighted by Gasteiger charge is -2.09. The minimum absolute atomic E-state index is 0.294. The SMILES string of the molecule is NC1(c2cncc(Br)c2)CC1(F)F. The summed E-state index contributed by atoms with van der Waals surface area (Å²) in [7, 11) is 0. The van der Waals surface area contributed by atoms with Crippen molar-refractivity contribution in [3.63, 3.8) is 0 Å². The Hall–Kier alpha value is -0.550. The Bertz CT molecular complexity index is 356. The molecular weight excluding hydrogens is 242 g/mol. The Balaban J connectivity index is 2.38. The summed E-state index contributed by atoms with van der Waals surface area (Å²) in [5, 5.41) is 0. The van der Waals surface area contributed by atoms with Gasteiger partial charge in [0.05, 0.1) is 0 Å². The molecule has 0 spiro atoms. The molecule has 2 nitrogen and oxygen atoms in total. The maximum atomic E-state index is 12.8. The number of hydrogen-bond acceptors (Lipinski definition) is 2. The minimum atomic E-state index is -2.78. The maximum absolute atomic E-state index is 12.8. The van der Waals surface area contributed by atoms with Gasteiger partial charge in [-0.05, 0) is 27.6 Å². The van der Waals surface area contributed by atoms with E-state index < -0.39 is 11.5 Å². The van der Waals surface area contributed by atoms with Gasteiger partial charge in [-0.2, -0.15) is 0 Å². The first-order valence-electron chi connectivity index (χ1n) is 3.73. The zero-order valence-corrected chi connectivity index (χ0v) is 8.18. The topological polar surface area (TPSA) is 38.9 Å². The van der Waals surface area contributed by atoms with Crippen LogP contribution < -0.4 is 5.73 Å². The zero-order valence-electron chi connectivity index (χ0n) is 6.60. The first kappa shape index (κ1) is 9.02. The molecule has 1 heterocycles. The Morgan fingerprint density at radius 3 is 2.54 bits per heavy atom. The Kier molecular flexibility index (Phi) is 1.72. The molecule has 1 fully saturated rings. The summed E-state index contributed by atoms with van der Waals surface area (Å²) in [5.41, 5.74) is 4.39. The van der Waals surface area contributed by atoms with Crippen LogP contribution in [0.1, 0.15) is 12.0 Å². The van der Waals surface area contributed by atoms with Crippen LogP contribution in [0.2, 0.25) is 0 Å². The molecule has 0 aliphatic heterocycles. The van der Waals surface area contributed by atoms with Crippen LogP contribution in [0.4, 0.5) is 8.78 Å². The van der Waals surface area contributed by atoms with E-state index in [1.54, 1.807) is 6.07 Å². The van der Waals surface area contributed by atoms with Crippen molar-refractivity contribution in [3.05, 3.63) is 28.5 Å². The van der Waals surface area contributed by atoms with Gasteiger partial charge in [-0.25, -0.2) is 8.78 Å². The molecule has 1 aliphatic carbocycles. The zero-order chi connectivity index (χ0) is 9.69. The van der Waals surface area contributed by atoms with Crippen LogP contribution in [0.15, 0.2) is 22.9 Å². The third-order valence-electron chi connectivity index (χ3n) is 2.25. The fourth-order valence-corrected chi connectivity index (χ4v) is 1.64. The summed E-state index contributed by atoms with van der Waals surface area (Å²) in [4.78, 5) is 3.80. The normalized spacial score (nSPS) is 30.2. The Labute approximate surface area is 82.3 Å². The van der Waals surface area contributed by atoms with Gasteiger partial charge in [-0.3, -0.25) is 4.98 Å². The Morgan fingerprint density at radius 1 is 1.46 bits per heavy atom. The molecule has 5 heteroatoms. The van der Waals surface area contributed by atoms with E-state index in [9.17, 15) is 8.78 Å². The number of pyridine rings is 1. The summed E-state index contributed by atoms with van der Waals surface area (Å²) in [6.45, 7) is 0. The molecule has 2 N–H and O–H groups in total. The fraction of sp³-hybridized carbons (Fsp3) is 0.375. The molecule has 1 unspecified atom stereocenters. The van der Waals surface area contributed by atoms with Crippen molar-refractivity contribution in [2.45, 2.75) is 17.9 Å². The van der Waals surface area contributed by atoms with Crippen LogP contribution >= 0.6 is 15.9 Å². The second kappa shape index (κ2) is 2.48. The van der Waals surface area contributed by atoms with Crippen LogP contribution in [0.25, 0.3) is 0 Å². The van der Waals surface area contributed by atoms with Gasteiger partial charge in [-0.15, -0.1) is 0 Å². The monoisotopic (exact) mass is 248 g/mol.